The summed E-state index contributed by atoms with van der Waals surface area (Å²) in [6.07, 6.45) is 7.67. The van der Waals surface area contributed by atoms with Gasteiger partial charge in [0.1, 0.15) is 0 Å². The van der Waals surface area contributed by atoms with Crippen molar-refractivity contribution in [3.05, 3.63) is 66.2 Å². The molecule has 1 aliphatic heterocycles. The summed E-state index contributed by atoms with van der Waals surface area (Å²) in [5.41, 5.74) is 2.31. The van der Waals surface area contributed by atoms with Crippen LogP contribution < -0.4 is 10.6 Å². The monoisotopic (exact) mass is 364 g/mol. The second kappa shape index (κ2) is 10.9. The molecule has 3 nitrogen and oxygen atoms in total. The first-order valence-corrected chi connectivity index (χ1v) is 10.4. The number of hydrogen-bond donors (Lipinski definition) is 2. The summed E-state index contributed by atoms with van der Waals surface area (Å²) in [4.78, 5) is 12.2. The Balaban J connectivity index is 1.47. The molecule has 2 aromatic rings. The fraction of sp³-hybridized carbons (Fsp3) is 0.458. The molecular weight excluding hydrogens is 332 g/mol. The second-order valence-corrected chi connectivity index (χ2v) is 7.70. The molecule has 2 N–H and O–H groups in total. The van der Waals surface area contributed by atoms with Crippen LogP contribution in [0, 0.1) is 11.8 Å². The molecule has 0 radical (unpaired) electrons. The number of carbonyl (C=O) groups is 1. The van der Waals surface area contributed by atoms with E-state index in [0.717, 1.165) is 44.0 Å². The SMILES string of the molecule is O=C(CCCC(CCc1ccccc1)C1CCCNC1)Nc1ccccc1. The van der Waals surface area contributed by atoms with E-state index >= 15 is 0 Å². The standard InChI is InChI=1S/C24H32N2O/c27-24(26-23-13-5-2-6-14-23)15-7-11-21(22-12-8-18-25-19-22)17-16-20-9-3-1-4-10-20/h1-6,9-10,13-14,21-22,25H,7-8,11-12,15-19H2,(H,26,27). The van der Waals surface area contributed by atoms with Crippen molar-refractivity contribution in [3.63, 3.8) is 0 Å². The van der Waals surface area contributed by atoms with Crippen LogP contribution in [-0.2, 0) is 11.2 Å². The van der Waals surface area contributed by atoms with Crippen LogP contribution >= 0.6 is 0 Å². The molecule has 1 saturated heterocycles. The van der Waals surface area contributed by atoms with Crippen molar-refractivity contribution in [1.29, 1.82) is 0 Å². The van der Waals surface area contributed by atoms with E-state index in [4.69, 9.17) is 0 Å². The summed E-state index contributed by atoms with van der Waals surface area (Å²) in [7, 11) is 0. The predicted octanol–water partition coefficient (Wildman–Crippen LogP) is 5.04. The average molecular weight is 365 g/mol. The van der Waals surface area contributed by atoms with Crippen molar-refractivity contribution < 1.29 is 4.79 Å². The number of carbonyl (C=O) groups excluding carboxylic acids is 1. The van der Waals surface area contributed by atoms with E-state index in [9.17, 15) is 4.79 Å². The third kappa shape index (κ3) is 6.84. The third-order valence-electron chi connectivity index (χ3n) is 5.68. The highest BCUT2D eigenvalue weighted by Gasteiger charge is 2.23. The lowest BCUT2D eigenvalue weighted by atomic mass is 9.79. The zero-order valence-electron chi connectivity index (χ0n) is 16.2. The van der Waals surface area contributed by atoms with Crippen LogP contribution in [0.1, 0.15) is 44.1 Å². The van der Waals surface area contributed by atoms with Crippen molar-refractivity contribution >= 4 is 11.6 Å². The van der Waals surface area contributed by atoms with E-state index in [1.807, 2.05) is 30.3 Å². The zero-order valence-corrected chi connectivity index (χ0v) is 16.2. The second-order valence-electron chi connectivity index (χ2n) is 7.70. The summed E-state index contributed by atoms with van der Waals surface area (Å²) in [6.45, 7) is 2.29. The van der Waals surface area contributed by atoms with Gasteiger partial charge in [0, 0.05) is 12.1 Å². The lowest BCUT2D eigenvalue weighted by Gasteiger charge is -2.31. The summed E-state index contributed by atoms with van der Waals surface area (Å²) in [6, 6.07) is 20.5. The fourth-order valence-corrected chi connectivity index (χ4v) is 4.16. The third-order valence-corrected chi connectivity index (χ3v) is 5.68. The van der Waals surface area contributed by atoms with Gasteiger partial charge in [-0.05, 0) is 81.1 Å². The van der Waals surface area contributed by atoms with E-state index in [-0.39, 0.29) is 5.91 Å². The van der Waals surface area contributed by atoms with Gasteiger partial charge in [-0.1, -0.05) is 48.5 Å². The number of aryl methyl sites for hydroxylation is 1. The molecular formula is C24H32N2O. The predicted molar refractivity (Wildman–Crippen MR) is 113 cm³/mol. The van der Waals surface area contributed by atoms with Crippen LogP contribution in [0.15, 0.2) is 60.7 Å². The molecule has 1 heterocycles. The summed E-state index contributed by atoms with van der Waals surface area (Å²) in [5.74, 6) is 1.58. The van der Waals surface area contributed by atoms with Crippen molar-refractivity contribution in [1.82, 2.24) is 5.32 Å². The van der Waals surface area contributed by atoms with Gasteiger partial charge in [-0.15, -0.1) is 0 Å². The van der Waals surface area contributed by atoms with Crippen LogP contribution in [0.25, 0.3) is 0 Å². The molecule has 0 aromatic heterocycles. The highest BCUT2D eigenvalue weighted by atomic mass is 16.1. The van der Waals surface area contributed by atoms with Crippen LogP contribution in [0.5, 0.6) is 0 Å². The fourth-order valence-electron chi connectivity index (χ4n) is 4.16. The zero-order chi connectivity index (χ0) is 18.7. The number of piperidine rings is 1. The molecule has 0 saturated carbocycles. The molecule has 2 aromatic carbocycles. The van der Waals surface area contributed by atoms with E-state index in [1.165, 1.54) is 24.8 Å². The summed E-state index contributed by atoms with van der Waals surface area (Å²) in [5, 5.41) is 6.57. The first-order valence-electron chi connectivity index (χ1n) is 10.4. The molecule has 2 atom stereocenters. The number of benzene rings is 2. The maximum Gasteiger partial charge on any atom is 0.224 e. The smallest absolute Gasteiger partial charge is 0.224 e. The molecule has 0 spiro atoms. The van der Waals surface area contributed by atoms with Gasteiger partial charge in [0.05, 0.1) is 0 Å². The van der Waals surface area contributed by atoms with Crippen LogP contribution in [0.4, 0.5) is 5.69 Å². The molecule has 3 rings (SSSR count). The Morgan fingerprint density at radius 3 is 2.48 bits per heavy atom. The van der Waals surface area contributed by atoms with Gasteiger partial charge in [0.2, 0.25) is 5.91 Å². The molecule has 3 heteroatoms. The first kappa shape index (κ1) is 19.6. The number of amides is 1. The molecule has 2 unspecified atom stereocenters. The normalized spacial score (nSPS) is 18.0. The Labute approximate surface area is 163 Å². The molecule has 0 bridgehead atoms. The van der Waals surface area contributed by atoms with Gasteiger partial charge in [0.25, 0.3) is 0 Å². The van der Waals surface area contributed by atoms with Gasteiger partial charge < -0.3 is 10.6 Å². The van der Waals surface area contributed by atoms with Gasteiger partial charge in [-0.3, -0.25) is 4.79 Å². The molecule has 0 aliphatic carbocycles. The van der Waals surface area contributed by atoms with Crippen LogP contribution in [-0.4, -0.2) is 19.0 Å². The topological polar surface area (TPSA) is 41.1 Å². The highest BCUT2D eigenvalue weighted by Crippen LogP contribution is 2.29. The number of nitrogens with one attached hydrogen (secondary N) is 2. The Kier molecular flexibility index (Phi) is 7.91. The minimum absolute atomic E-state index is 0.129. The Morgan fingerprint density at radius 2 is 1.78 bits per heavy atom. The van der Waals surface area contributed by atoms with Crippen LogP contribution in [0.3, 0.4) is 0 Å². The van der Waals surface area contributed by atoms with Crippen molar-refractivity contribution in [3.8, 4) is 0 Å². The van der Waals surface area contributed by atoms with Crippen molar-refractivity contribution in [2.45, 2.75) is 44.9 Å². The van der Waals surface area contributed by atoms with Crippen molar-refractivity contribution in [2.24, 2.45) is 11.8 Å². The largest absolute Gasteiger partial charge is 0.326 e. The maximum absolute atomic E-state index is 12.2. The lowest BCUT2D eigenvalue weighted by Crippen LogP contribution is -2.34. The molecule has 27 heavy (non-hydrogen) atoms. The van der Waals surface area contributed by atoms with Gasteiger partial charge in [0.15, 0.2) is 0 Å². The summed E-state index contributed by atoms with van der Waals surface area (Å²) < 4.78 is 0. The number of hydrogen-bond acceptors (Lipinski definition) is 2. The lowest BCUT2D eigenvalue weighted by molar-refractivity contribution is -0.116. The number of rotatable bonds is 9. The minimum Gasteiger partial charge on any atom is -0.326 e. The van der Waals surface area contributed by atoms with Crippen LogP contribution in [0.2, 0.25) is 0 Å². The Hall–Kier alpha value is -2.13. The molecule has 1 aliphatic rings. The van der Waals surface area contributed by atoms with Gasteiger partial charge >= 0.3 is 0 Å². The first-order chi connectivity index (χ1) is 13.3. The van der Waals surface area contributed by atoms with Gasteiger partial charge in [-0.2, -0.15) is 0 Å². The molecule has 1 amide bonds. The van der Waals surface area contributed by atoms with Crippen molar-refractivity contribution in [2.75, 3.05) is 18.4 Å². The van der Waals surface area contributed by atoms with E-state index < -0.39 is 0 Å². The number of para-hydroxylation sites is 1. The van der Waals surface area contributed by atoms with Gasteiger partial charge in [-0.25, -0.2) is 0 Å². The van der Waals surface area contributed by atoms with E-state index in [1.54, 1.807) is 0 Å². The maximum atomic E-state index is 12.2. The highest BCUT2D eigenvalue weighted by molar-refractivity contribution is 5.90. The average Bonchev–Trinajstić information content (AvgIpc) is 2.72. The van der Waals surface area contributed by atoms with E-state index in [0.29, 0.717) is 12.3 Å². The summed E-state index contributed by atoms with van der Waals surface area (Å²) >= 11 is 0. The molecule has 1 fully saturated rings. The Morgan fingerprint density at radius 1 is 1.04 bits per heavy atom. The molecule has 144 valence electrons. The number of anilines is 1. The van der Waals surface area contributed by atoms with E-state index in [2.05, 4.69) is 41.0 Å². The Bertz CT molecular complexity index is 665. The quantitative estimate of drug-likeness (QED) is 0.654. The minimum atomic E-state index is 0.129.